The Kier molecular flexibility index (Phi) is 4.42. The van der Waals surface area contributed by atoms with E-state index < -0.39 is 0 Å². The third-order valence-electron chi connectivity index (χ3n) is 3.91. The minimum atomic E-state index is -0.211. The van der Waals surface area contributed by atoms with E-state index in [2.05, 4.69) is 28.6 Å². The Bertz CT molecular complexity index is 738. The van der Waals surface area contributed by atoms with Crippen LogP contribution in [0.1, 0.15) is 13.8 Å². The molecule has 0 N–H and O–H groups in total. The minimum Gasteiger partial charge on any atom is -0.326 e. The number of hydrogen-bond donors (Lipinski definition) is 0. The molecule has 0 amide bonds. The van der Waals surface area contributed by atoms with Gasteiger partial charge in [0.1, 0.15) is 11.6 Å². The van der Waals surface area contributed by atoms with Gasteiger partial charge in [0.25, 0.3) is 0 Å². The van der Waals surface area contributed by atoms with Crippen molar-refractivity contribution >= 4 is 23.3 Å². The Hall–Kier alpha value is -2.62. The van der Waals surface area contributed by atoms with Crippen molar-refractivity contribution in [3.8, 4) is 0 Å². The van der Waals surface area contributed by atoms with E-state index in [0.29, 0.717) is 0 Å². The van der Waals surface area contributed by atoms with Crippen molar-refractivity contribution in [2.24, 2.45) is 4.99 Å². The molecular formula is C19H20FN3. The first-order valence-electron chi connectivity index (χ1n) is 7.88. The fourth-order valence-corrected chi connectivity index (χ4v) is 2.88. The molecule has 0 bridgehead atoms. The maximum atomic E-state index is 13.6. The zero-order chi connectivity index (χ0) is 16.2. The summed E-state index contributed by atoms with van der Waals surface area (Å²) in [7, 11) is 0. The Labute approximate surface area is 136 Å². The fourth-order valence-electron chi connectivity index (χ4n) is 2.88. The highest BCUT2D eigenvalue weighted by Crippen LogP contribution is 2.41. The van der Waals surface area contributed by atoms with Crippen LogP contribution in [-0.2, 0) is 0 Å². The van der Waals surface area contributed by atoms with Gasteiger partial charge in [0.2, 0.25) is 0 Å². The predicted octanol–water partition coefficient (Wildman–Crippen LogP) is 4.74. The van der Waals surface area contributed by atoms with Crippen LogP contribution < -0.4 is 9.80 Å². The van der Waals surface area contributed by atoms with E-state index in [1.165, 1.54) is 6.07 Å². The first-order chi connectivity index (χ1) is 11.2. The number of allylic oxidation sites excluding steroid dienone is 1. The van der Waals surface area contributed by atoms with Crippen molar-refractivity contribution in [1.82, 2.24) is 0 Å². The third kappa shape index (κ3) is 2.97. The number of benzene rings is 2. The van der Waals surface area contributed by atoms with Gasteiger partial charge in [-0.2, -0.15) is 0 Å². The number of nitrogens with zero attached hydrogens (tertiary/aromatic N) is 3. The van der Waals surface area contributed by atoms with Gasteiger partial charge < -0.3 is 9.80 Å². The molecule has 3 nitrogen and oxygen atoms in total. The van der Waals surface area contributed by atoms with Crippen molar-refractivity contribution in [1.29, 1.82) is 0 Å². The maximum Gasteiger partial charge on any atom is 0.125 e. The van der Waals surface area contributed by atoms with E-state index in [1.54, 1.807) is 12.3 Å². The summed E-state index contributed by atoms with van der Waals surface area (Å²) in [5, 5.41) is 0. The van der Waals surface area contributed by atoms with Gasteiger partial charge in [-0.15, -0.1) is 0 Å². The second kappa shape index (κ2) is 6.65. The number of aliphatic imine (C=N–C) groups is 1. The normalized spacial score (nSPS) is 15.7. The molecule has 3 rings (SSSR count). The van der Waals surface area contributed by atoms with E-state index in [1.807, 2.05) is 42.5 Å². The van der Waals surface area contributed by atoms with Crippen molar-refractivity contribution in [3.05, 3.63) is 66.2 Å². The quantitative estimate of drug-likeness (QED) is 0.760. The largest absolute Gasteiger partial charge is 0.326 e. The van der Waals surface area contributed by atoms with Gasteiger partial charge >= 0.3 is 0 Å². The van der Waals surface area contributed by atoms with Crippen LogP contribution in [0.3, 0.4) is 0 Å². The molecule has 23 heavy (non-hydrogen) atoms. The molecule has 0 radical (unpaired) electrons. The van der Waals surface area contributed by atoms with Gasteiger partial charge in [0.15, 0.2) is 0 Å². The van der Waals surface area contributed by atoms with Crippen molar-refractivity contribution in [3.63, 3.8) is 0 Å². The van der Waals surface area contributed by atoms with Gasteiger partial charge in [0, 0.05) is 19.3 Å². The highest BCUT2D eigenvalue weighted by molar-refractivity contribution is 5.87. The van der Waals surface area contributed by atoms with E-state index in [4.69, 9.17) is 0 Å². The van der Waals surface area contributed by atoms with Crippen molar-refractivity contribution < 1.29 is 4.39 Å². The van der Waals surface area contributed by atoms with Crippen LogP contribution in [0.15, 0.2) is 65.4 Å². The number of halogens is 1. The smallest absolute Gasteiger partial charge is 0.125 e. The van der Waals surface area contributed by atoms with E-state index >= 15 is 0 Å². The van der Waals surface area contributed by atoms with Crippen LogP contribution in [0.25, 0.3) is 0 Å². The van der Waals surface area contributed by atoms with Gasteiger partial charge in [-0.1, -0.05) is 18.2 Å². The summed E-state index contributed by atoms with van der Waals surface area (Å²) in [5.74, 6) is 0.813. The molecule has 0 fully saturated rings. The molecule has 0 saturated heterocycles. The third-order valence-corrected chi connectivity index (χ3v) is 3.91. The molecule has 0 aromatic heterocycles. The zero-order valence-electron chi connectivity index (χ0n) is 13.4. The molecule has 0 aliphatic carbocycles. The van der Waals surface area contributed by atoms with Gasteiger partial charge in [0.05, 0.1) is 17.1 Å². The van der Waals surface area contributed by atoms with Gasteiger partial charge in [-0.3, -0.25) is 4.99 Å². The summed E-state index contributed by atoms with van der Waals surface area (Å²) in [6.07, 6.45) is 3.79. The molecule has 0 saturated carbocycles. The molecule has 2 aromatic carbocycles. The molecule has 118 valence electrons. The average molecular weight is 309 g/mol. The monoisotopic (exact) mass is 309 g/mol. The Morgan fingerprint density at radius 1 is 0.957 bits per heavy atom. The molecule has 1 aliphatic rings. The Morgan fingerprint density at radius 2 is 1.65 bits per heavy atom. The van der Waals surface area contributed by atoms with Crippen LogP contribution in [0.4, 0.5) is 21.5 Å². The molecule has 4 heteroatoms. The second-order valence-corrected chi connectivity index (χ2v) is 5.26. The summed E-state index contributed by atoms with van der Waals surface area (Å²) in [5.41, 5.74) is 2.86. The lowest BCUT2D eigenvalue weighted by molar-refractivity contribution is 0.628. The number of para-hydroxylation sites is 1. The van der Waals surface area contributed by atoms with Crippen molar-refractivity contribution in [2.75, 3.05) is 22.9 Å². The standard InChI is InChI=1S/C19H20FN3/c1-3-22-17-11-10-15(20)14-18(17)23(4-2)19(22)12-13-21-16-8-6-5-7-9-16/h5-14H,3-4H2,1-2H3/b19-12-,21-13?. The maximum absolute atomic E-state index is 13.6. The lowest BCUT2D eigenvalue weighted by Crippen LogP contribution is -2.28. The molecule has 0 atom stereocenters. The SMILES string of the molecule is CCN1/C(=C/C=Nc2ccccc2)N(CC)c2cc(F)ccc21. The zero-order valence-corrected chi connectivity index (χ0v) is 13.4. The topological polar surface area (TPSA) is 18.8 Å². The van der Waals surface area contributed by atoms with E-state index in [-0.39, 0.29) is 5.82 Å². The molecule has 1 heterocycles. The van der Waals surface area contributed by atoms with Crippen LogP contribution in [0, 0.1) is 5.82 Å². The number of anilines is 2. The molecule has 0 spiro atoms. The van der Waals surface area contributed by atoms with Crippen LogP contribution >= 0.6 is 0 Å². The second-order valence-electron chi connectivity index (χ2n) is 5.26. The lowest BCUT2D eigenvalue weighted by Gasteiger charge is -2.22. The Balaban J connectivity index is 1.94. The fraction of sp³-hybridized carbons (Fsp3) is 0.211. The number of hydrogen-bond acceptors (Lipinski definition) is 3. The van der Waals surface area contributed by atoms with Gasteiger partial charge in [-0.05, 0) is 50.3 Å². The van der Waals surface area contributed by atoms with Crippen LogP contribution in [0.5, 0.6) is 0 Å². The lowest BCUT2D eigenvalue weighted by atomic mass is 10.2. The summed E-state index contributed by atoms with van der Waals surface area (Å²) in [4.78, 5) is 8.74. The molecule has 1 aliphatic heterocycles. The average Bonchev–Trinajstić information content (AvgIpc) is 2.87. The van der Waals surface area contributed by atoms with Gasteiger partial charge in [-0.25, -0.2) is 4.39 Å². The Morgan fingerprint density at radius 3 is 2.35 bits per heavy atom. The minimum absolute atomic E-state index is 0.211. The highest BCUT2D eigenvalue weighted by atomic mass is 19.1. The first-order valence-corrected chi connectivity index (χ1v) is 7.88. The van der Waals surface area contributed by atoms with Crippen LogP contribution in [-0.4, -0.2) is 19.3 Å². The summed E-state index contributed by atoms with van der Waals surface area (Å²) < 4.78 is 13.6. The molecule has 0 unspecified atom stereocenters. The highest BCUT2D eigenvalue weighted by Gasteiger charge is 2.29. The molecule has 2 aromatic rings. The number of fused-ring (bicyclic) bond motifs is 1. The summed E-state index contributed by atoms with van der Waals surface area (Å²) in [6, 6.07) is 14.8. The van der Waals surface area contributed by atoms with E-state index in [9.17, 15) is 4.39 Å². The molecular weight excluding hydrogens is 289 g/mol. The van der Waals surface area contributed by atoms with E-state index in [0.717, 1.165) is 36.0 Å². The van der Waals surface area contributed by atoms with Crippen molar-refractivity contribution in [2.45, 2.75) is 13.8 Å². The van der Waals surface area contributed by atoms with Crippen LogP contribution in [0.2, 0.25) is 0 Å². The summed E-state index contributed by atoms with van der Waals surface area (Å²) >= 11 is 0. The number of rotatable bonds is 4. The summed E-state index contributed by atoms with van der Waals surface area (Å²) in [6.45, 7) is 5.75. The predicted molar refractivity (Wildman–Crippen MR) is 95.1 cm³/mol. The first kappa shape index (κ1) is 15.3.